The second-order valence-electron chi connectivity index (χ2n) is 8.51. The molecule has 1 saturated carbocycles. The summed E-state index contributed by atoms with van der Waals surface area (Å²) in [4.78, 5) is 25.6. The molecule has 1 aliphatic carbocycles. The molecule has 174 valence electrons. The van der Waals surface area contributed by atoms with Crippen LogP contribution in [0.3, 0.4) is 0 Å². The van der Waals surface area contributed by atoms with Crippen molar-refractivity contribution < 1.29 is 13.9 Å². The number of rotatable bonds is 7. The third-order valence-electron chi connectivity index (χ3n) is 6.02. The number of aromatic nitrogens is 1. The van der Waals surface area contributed by atoms with Gasteiger partial charge in [0, 0.05) is 28.9 Å². The van der Waals surface area contributed by atoms with Crippen molar-refractivity contribution >= 4 is 16.7 Å². The van der Waals surface area contributed by atoms with Crippen LogP contribution in [0.25, 0.3) is 21.9 Å². The number of hydrogen-bond donors (Lipinski definition) is 1. The molecule has 1 amide bonds. The molecule has 0 saturated heterocycles. The van der Waals surface area contributed by atoms with Crippen LogP contribution in [0.5, 0.6) is 5.75 Å². The van der Waals surface area contributed by atoms with Gasteiger partial charge in [-0.15, -0.1) is 0 Å². The van der Waals surface area contributed by atoms with Crippen molar-refractivity contribution in [1.82, 2.24) is 9.88 Å². The number of carbonyl (C=O) groups excluding carboxylic acids is 1. The Hall–Kier alpha value is -4.44. The Morgan fingerprint density at radius 3 is 2.57 bits per heavy atom. The van der Waals surface area contributed by atoms with Gasteiger partial charge < -0.3 is 10.1 Å². The lowest BCUT2D eigenvalue weighted by Gasteiger charge is -2.16. The van der Waals surface area contributed by atoms with Crippen LogP contribution >= 0.6 is 0 Å². The number of nitriles is 1. The fourth-order valence-corrected chi connectivity index (χ4v) is 4.21. The van der Waals surface area contributed by atoms with Gasteiger partial charge in [0.25, 0.3) is 11.5 Å². The summed E-state index contributed by atoms with van der Waals surface area (Å²) in [5.41, 5.74) is 1.90. The zero-order valence-electron chi connectivity index (χ0n) is 18.8. The lowest BCUT2D eigenvalue weighted by atomic mass is 9.96. The number of hydrogen-bond acceptors (Lipinski definition) is 4. The lowest BCUT2D eigenvalue weighted by molar-refractivity contribution is -0.123. The third kappa shape index (κ3) is 4.64. The SMILES string of the molecule is N#Cc1c(-c2cccc(F)c2)c2cc(OCC(=O)NCc3ccccc3)ccc2c(=O)n1C1CC1. The molecule has 0 aliphatic heterocycles. The lowest BCUT2D eigenvalue weighted by Crippen LogP contribution is -2.28. The Bertz CT molecular complexity index is 1520. The van der Waals surface area contributed by atoms with Gasteiger partial charge >= 0.3 is 0 Å². The van der Waals surface area contributed by atoms with E-state index in [1.54, 1.807) is 30.3 Å². The Morgan fingerprint density at radius 2 is 1.86 bits per heavy atom. The van der Waals surface area contributed by atoms with E-state index in [1.165, 1.54) is 16.7 Å². The van der Waals surface area contributed by atoms with Crippen molar-refractivity contribution in [2.24, 2.45) is 0 Å². The summed E-state index contributed by atoms with van der Waals surface area (Å²) in [5.74, 6) is -0.357. The highest BCUT2D eigenvalue weighted by Crippen LogP contribution is 2.39. The van der Waals surface area contributed by atoms with E-state index in [-0.39, 0.29) is 29.8 Å². The highest BCUT2D eigenvalue weighted by atomic mass is 19.1. The molecule has 7 heteroatoms. The molecular formula is C28H22FN3O3. The summed E-state index contributed by atoms with van der Waals surface area (Å²) in [5, 5.41) is 13.7. The van der Waals surface area contributed by atoms with E-state index in [2.05, 4.69) is 11.4 Å². The summed E-state index contributed by atoms with van der Waals surface area (Å²) in [6.07, 6.45) is 1.64. The number of carbonyl (C=O) groups is 1. The van der Waals surface area contributed by atoms with Gasteiger partial charge in [-0.05, 0) is 54.3 Å². The number of benzene rings is 3. The fraction of sp³-hybridized carbons (Fsp3) is 0.179. The van der Waals surface area contributed by atoms with Crippen molar-refractivity contribution in [1.29, 1.82) is 5.26 Å². The number of pyridine rings is 1. The normalized spacial score (nSPS) is 12.8. The second kappa shape index (κ2) is 9.43. The molecule has 0 spiro atoms. The van der Waals surface area contributed by atoms with Crippen molar-refractivity contribution in [3.05, 3.63) is 100 Å². The molecule has 6 nitrogen and oxygen atoms in total. The minimum Gasteiger partial charge on any atom is -0.484 e. The summed E-state index contributed by atoms with van der Waals surface area (Å²) in [6, 6.07) is 22.6. The van der Waals surface area contributed by atoms with Crippen LogP contribution in [0.1, 0.15) is 30.1 Å². The largest absolute Gasteiger partial charge is 0.484 e. The van der Waals surface area contributed by atoms with Gasteiger partial charge in [0.2, 0.25) is 0 Å². The quantitative estimate of drug-likeness (QED) is 0.427. The molecule has 0 unspecified atom stereocenters. The molecule has 3 aromatic carbocycles. The number of nitrogens with one attached hydrogen (secondary N) is 1. The molecule has 5 rings (SSSR count). The predicted octanol–water partition coefficient (Wildman–Crippen LogP) is 4.71. The summed E-state index contributed by atoms with van der Waals surface area (Å²) in [7, 11) is 0. The minimum atomic E-state index is -0.439. The molecule has 0 bridgehead atoms. The van der Waals surface area contributed by atoms with E-state index in [4.69, 9.17) is 4.74 Å². The average Bonchev–Trinajstić information content (AvgIpc) is 3.71. The van der Waals surface area contributed by atoms with Gasteiger partial charge in [0.05, 0.1) is 0 Å². The third-order valence-corrected chi connectivity index (χ3v) is 6.02. The maximum Gasteiger partial charge on any atom is 0.259 e. The van der Waals surface area contributed by atoms with Crippen molar-refractivity contribution in [2.45, 2.75) is 25.4 Å². The maximum absolute atomic E-state index is 14.1. The zero-order chi connectivity index (χ0) is 24.4. The van der Waals surface area contributed by atoms with Crippen molar-refractivity contribution in [2.75, 3.05) is 6.61 Å². The predicted molar refractivity (Wildman–Crippen MR) is 130 cm³/mol. The zero-order valence-corrected chi connectivity index (χ0v) is 18.8. The number of ether oxygens (including phenoxy) is 1. The first-order valence-electron chi connectivity index (χ1n) is 11.4. The Kier molecular flexibility index (Phi) is 6.02. The summed E-state index contributed by atoms with van der Waals surface area (Å²) in [6.45, 7) is 0.175. The van der Waals surface area contributed by atoms with E-state index in [0.29, 0.717) is 34.2 Å². The molecule has 35 heavy (non-hydrogen) atoms. The van der Waals surface area contributed by atoms with Crippen molar-refractivity contribution in [3.8, 4) is 22.9 Å². The van der Waals surface area contributed by atoms with E-state index in [9.17, 15) is 19.2 Å². The minimum absolute atomic E-state index is 0.0295. The summed E-state index contributed by atoms with van der Waals surface area (Å²) < 4.78 is 21.3. The van der Waals surface area contributed by atoms with Crippen LogP contribution in [0.2, 0.25) is 0 Å². The van der Waals surface area contributed by atoms with Gasteiger partial charge in [0.15, 0.2) is 6.61 Å². The smallest absolute Gasteiger partial charge is 0.259 e. The Balaban J connectivity index is 1.49. The standard InChI is InChI=1S/C28H22FN3O3/c29-20-8-4-7-19(13-20)27-24-14-22(35-17-26(33)31-16-18-5-2-1-3-6-18)11-12-23(24)28(34)32(21-9-10-21)25(27)15-30/h1-8,11-14,21H,9-10,16-17H2,(H,31,33). The van der Waals surface area contributed by atoms with Crippen LogP contribution in [-0.4, -0.2) is 17.1 Å². The molecule has 1 fully saturated rings. The van der Waals surface area contributed by atoms with Crippen LogP contribution in [0.4, 0.5) is 4.39 Å². The Labute approximate surface area is 201 Å². The molecule has 1 aromatic heterocycles. The summed E-state index contributed by atoms with van der Waals surface area (Å²) >= 11 is 0. The van der Waals surface area contributed by atoms with Crippen LogP contribution in [0, 0.1) is 17.1 Å². The van der Waals surface area contributed by atoms with Crippen LogP contribution in [-0.2, 0) is 11.3 Å². The molecule has 4 aromatic rings. The molecular weight excluding hydrogens is 445 g/mol. The van der Waals surface area contributed by atoms with Crippen molar-refractivity contribution in [3.63, 3.8) is 0 Å². The molecule has 1 N–H and O–H groups in total. The topological polar surface area (TPSA) is 84.1 Å². The van der Waals surface area contributed by atoms with E-state index in [1.807, 2.05) is 30.3 Å². The van der Waals surface area contributed by atoms with Gasteiger partial charge in [-0.1, -0.05) is 42.5 Å². The van der Waals surface area contributed by atoms with Crippen LogP contribution < -0.4 is 15.6 Å². The highest BCUT2D eigenvalue weighted by Gasteiger charge is 2.30. The van der Waals surface area contributed by atoms with Gasteiger partial charge in [-0.3, -0.25) is 14.2 Å². The van der Waals surface area contributed by atoms with E-state index < -0.39 is 5.82 Å². The van der Waals surface area contributed by atoms with Crippen LogP contribution in [0.15, 0.2) is 77.6 Å². The highest BCUT2D eigenvalue weighted by molar-refractivity contribution is 5.99. The van der Waals surface area contributed by atoms with E-state index in [0.717, 1.165) is 18.4 Å². The number of amides is 1. The first-order valence-corrected chi connectivity index (χ1v) is 11.4. The Morgan fingerprint density at radius 1 is 1.06 bits per heavy atom. The maximum atomic E-state index is 14.1. The number of fused-ring (bicyclic) bond motifs is 1. The first-order chi connectivity index (χ1) is 17.0. The molecule has 0 atom stereocenters. The number of nitrogens with zero attached hydrogens (tertiary/aromatic N) is 2. The average molecular weight is 468 g/mol. The molecule has 0 radical (unpaired) electrons. The fourth-order valence-electron chi connectivity index (χ4n) is 4.21. The molecule has 1 aliphatic rings. The molecule has 1 heterocycles. The second-order valence-corrected chi connectivity index (χ2v) is 8.51. The van der Waals surface area contributed by atoms with E-state index >= 15 is 0 Å². The monoisotopic (exact) mass is 467 g/mol. The first kappa shape index (κ1) is 22.4. The van der Waals surface area contributed by atoms with Gasteiger partial charge in [-0.2, -0.15) is 5.26 Å². The van der Waals surface area contributed by atoms with Gasteiger partial charge in [0.1, 0.15) is 23.3 Å². The number of halogens is 1. The van der Waals surface area contributed by atoms with Gasteiger partial charge in [-0.25, -0.2) is 4.39 Å².